The van der Waals surface area contributed by atoms with Gasteiger partial charge in [-0.1, -0.05) is 128 Å². The predicted molar refractivity (Wildman–Crippen MR) is 194 cm³/mol. The number of likely N-dealkylation sites (N-methyl/N-ethyl adjacent to an activating group) is 1. The number of unbranched alkanes of at least 4 members (excludes halogenated alkanes) is 16. The van der Waals surface area contributed by atoms with Gasteiger partial charge < -0.3 is 28.6 Å². The first kappa shape index (κ1) is 45.8. The van der Waals surface area contributed by atoms with E-state index in [-0.39, 0.29) is 42.7 Å². The van der Waals surface area contributed by atoms with Crippen LogP contribution in [0.25, 0.3) is 0 Å². The number of carboxylic acids is 1. The van der Waals surface area contributed by atoms with Crippen LogP contribution >= 0.6 is 0 Å². The summed E-state index contributed by atoms with van der Waals surface area (Å²) in [7, 11) is 5.39. The predicted octanol–water partition coefficient (Wildman–Crippen LogP) is 8.41. The Labute approximate surface area is 294 Å². The monoisotopic (exact) mass is 680 g/mol. The standard InChI is InChI=1S/C40H73NO7/c1-6-8-10-12-14-16-18-19-20-21-23-25-27-29-31-39(43)48-36(34-46-33-32-37(40(44)45)41(3,4)5)35-47-38(42)30-28-26-24-22-17-15-13-11-9-7-2/h12,14,18-19,36-37H,6-11,13,15-17,20-35H2,1-5H3/b14-12-,19-18-. The number of carbonyl (C=O) groups excluding carboxylic acids is 3. The normalized spacial score (nSPS) is 13.3. The molecule has 8 heteroatoms. The summed E-state index contributed by atoms with van der Waals surface area (Å²) < 4.78 is 17.1. The molecule has 0 saturated carbocycles. The highest BCUT2D eigenvalue weighted by Crippen LogP contribution is 2.13. The first-order valence-electron chi connectivity index (χ1n) is 19.4. The van der Waals surface area contributed by atoms with E-state index in [0.717, 1.165) is 64.2 Å². The molecule has 0 heterocycles. The highest BCUT2D eigenvalue weighted by atomic mass is 16.6. The van der Waals surface area contributed by atoms with Crippen molar-refractivity contribution < 1.29 is 38.2 Å². The first-order chi connectivity index (χ1) is 23.1. The van der Waals surface area contributed by atoms with Crippen LogP contribution in [0.15, 0.2) is 24.3 Å². The maximum atomic E-state index is 12.6. The molecule has 0 rings (SSSR count). The van der Waals surface area contributed by atoms with Gasteiger partial charge in [0.2, 0.25) is 0 Å². The van der Waals surface area contributed by atoms with Gasteiger partial charge in [-0.25, -0.2) is 0 Å². The first-order valence-corrected chi connectivity index (χ1v) is 19.4. The van der Waals surface area contributed by atoms with Crippen molar-refractivity contribution in [3.8, 4) is 0 Å². The Hall–Kier alpha value is -2.19. The molecule has 2 unspecified atom stereocenters. The van der Waals surface area contributed by atoms with Gasteiger partial charge in [0.25, 0.3) is 0 Å². The van der Waals surface area contributed by atoms with Crippen molar-refractivity contribution in [3.63, 3.8) is 0 Å². The topological polar surface area (TPSA) is 102 Å². The fraction of sp³-hybridized carbons (Fsp3) is 0.825. The Bertz CT molecular complexity index is 849. The van der Waals surface area contributed by atoms with Crippen LogP contribution < -0.4 is 5.11 Å². The van der Waals surface area contributed by atoms with Crippen molar-refractivity contribution >= 4 is 17.9 Å². The van der Waals surface area contributed by atoms with Gasteiger partial charge in [-0.3, -0.25) is 9.59 Å². The third-order valence-electron chi connectivity index (χ3n) is 8.59. The van der Waals surface area contributed by atoms with E-state index in [9.17, 15) is 19.5 Å². The summed E-state index contributed by atoms with van der Waals surface area (Å²) in [5, 5.41) is 11.6. The van der Waals surface area contributed by atoms with Crippen LogP contribution in [0, 0.1) is 0 Å². The Morgan fingerprint density at radius 3 is 1.67 bits per heavy atom. The maximum Gasteiger partial charge on any atom is 0.306 e. The molecule has 0 aromatic carbocycles. The summed E-state index contributed by atoms with van der Waals surface area (Å²) in [5.41, 5.74) is 0. The van der Waals surface area contributed by atoms with E-state index >= 15 is 0 Å². The van der Waals surface area contributed by atoms with Gasteiger partial charge in [-0.05, 0) is 38.5 Å². The van der Waals surface area contributed by atoms with Gasteiger partial charge in [0.1, 0.15) is 12.6 Å². The number of rotatable bonds is 34. The zero-order valence-corrected chi connectivity index (χ0v) is 31.7. The second-order valence-corrected chi connectivity index (χ2v) is 14.2. The molecule has 0 aliphatic heterocycles. The van der Waals surface area contributed by atoms with Crippen molar-refractivity contribution in [2.24, 2.45) is 0 Å². The Morgan fingerprint density at radius 2 is 1.12 bits per heavy atom. The minimum absolute atomic E-state index is 0.0379. The summed E-state index contributed by atoms with van der Waals surface area (Å²) in [6, 6.07) is -0.724. The number of nitrogens with zero attached hydrogens (tertiary/aromatic N) is 1. The van der Waals surface area contributed by atoms with Crippen LogP contribution in [0.2, 0.25) is 0 Å². The molecule has 0 aromatic rings. The van der Waals surface area contributed by atoms with Crippen LogP contribution in [0.5, 0.6) is 0 Å². The second-order valence-electron chi connectivity index (χ2n) is 14.2. The van der Waals surface area contributed by atoms with Crippen molar-refractivity contribution in [2.45, 2.75) is 174 Å². The SMILES string of the molecule is CCCC/C=C\C/C=C\CCCCCCCC(=O)OC(COCCC(C(=O)[O-])[N+](C)(C)C)COC(=O)CCCCCCCCCCCC. The summed E-state index contributed by atoms with van der Waals surface area (Å²) in [6.07, 6.45) is 31.9. The average Bonchev–Trinajstić information content (AvgIpc) is 3.03. The highest BCUT2D eigenvalue weighted by Gasteiger charge is 2.25. The third-order valence-corrected chi connectivity index (χ3v) is 8.59. The van der Waals surface area contributed by atoms with Gasteiger partial charge in [-0.15, -0.1) is 0 Å². The van der Waals surface area contributed by atoms with Crippen molar-refractivity contribution in [1.82, 2.24) is 0 Å². The summed E-state index contributed by atoms with van der Waals surface area (Å²) in [5.74, 6) is -1.75. The van der Waals surface area contributed by atoms with Crippen molar-refractivity contribution in [2.75, 3.05) is 41.0 Å². The zero-order chi connectivity index (χ0) is 35.7. The largest absolute Gasteiger partial charge is 0.544 e. The quantitative estimate of drug-likeness (QED) is 0.0291. The van der Waals surface area contributed by atoms with Gasteiger partial charge in [0, 0.05) is 19.3 Å². The second kappa shape index (κ2) is 32.0. The number of carboxylic acid groups (broad SMARTS) is 1. The molecule has 0 aromatic heterocycles. The van der Waals surface area contributed by atoms with E-state index in [1.54, 1.807) is 21.1 Å². The fourth-order valence-electron chi connectivity index (χ4n) is 5.50. The lowest BCUT2D eigenvalue weighted by Crippen LogP contribution is -2.55. The molecule has 0 amide bonds. The van der Waals surface area contributed by atoms with Crippen LogP contribution in [0.1, 0.15) is 162 Å². The Balaban J connectivity index is 4.44. The molecule has 48 heavy (non-hydrogen) atoms. The summed E-state index contributed by atoms with van der Waals surface area (Å²) in [6.45, 7) is 4.58. The molecule has 280 valence electrons. The molecule has 8 nitrogen and oxygen atoms in total. The average molecular weight is 680 g/mol. The van der Waals surface area contributed by atoms with E-state index in [0.29, 0.717) is 12.8 Å². The summed E-state index contributed by atoms with van der Waals surface area (Å²) in [4.78, 5) is 36.6. The number of hydrogen-bond acceptors (Lipinski definition) is 7. The third kappa shape index (κ3) is 29.9. The molecule has 0 aliphatic carbocycles. The van der Waals surface area contributed by atoms with Crippen LogP contribution in [-0.2, 0) is 28.6 Å². The van der Waals surface area contributed by atoms with Gasteiger partial charge in [0.05, 0.1) is 40.3 Å². The lowest BCUT2D eigenvalue weighted by Gasteiger charge is -2.34. The fourth-order valence-corrected chi connectivity index (χ4v) is 5.50. The number of esters is 2. The molecule has 0 spiro atoms. The molecule has 0 saturated heterocycles. The van der Waals surface area contributed by atoms with Crippen LogP contribution in [0.4, 0.5) is 0 Å². The minimum Gasteiger partial charge on any atom is -0.544 e. The van der Waals surface area contributed by atoms with Crippen LogP contribution in [-0.4, -0.2) is 75.5 Å². The number of aliphatic carboxylic acids is 1. The van der Waals surface area contributed by atoms with Gasteiger partial charge >= 0.3 is 11.9 Å². The molecule has 0 bridgehead atoms. The molecule has 0 aliphatic rings. The Kier molecular flexibility index (Phi) is 30.6. The smallest absolute Gasteiger partial charge is 0.306 e. The van der Waals surface area contributed by atoms with Crippen molar-refractivity contribution in [3.05, 3.63) is 24.3 Å². The number of allylic oxidation sites excluding steroid dienone is 4. The molecule has 0 radical (unpaired) electrons. The number of ether oxygens (including phenoxy) is 3. The van der Waals surface area contributed by atoms with Gasteiger partial charge in [0.15, 0.2) is 6.10 Å². The molecule has 2 atom stereocenters. The summed E-state index contributed by atoms with van der Waals surface area (Å²) >= 11 is 0. The maximum absolute atomic E-state index is 12.6. The Morgan fingerprint density at radius 1 is 0.625 bits per heavy atom. The van der Waals surface area contributed by atoms with Crippen molar-refractivity contribution in [1.29, 1.82) is 0 Å². The van der Waals surface area contributed by atoms with Gasteiger partial charge in [-0.2, -0.15) is 0 Å². The highest BCUT2D eigenvalue weighted by molar-refractivity contribution is 5.70. The van der Waals surface area contributed by atoms with E-state index in [1.165, 1.54) is 64.2 Å². The van der Waals surface area contributed by atoms with E-state index in [2.05, 4.69) is 38.2 Å². The molecule has 0 N–H and O–H groups in total. The van der Waals surface area contributed by atoms with Crippen LogP contribution in [0.3, 0.4) is 0 Å². The molecular weight excluding hydrogens is 606 g/mol. The number of carbonyl (C=O) groups is 3. The van der Waals surface area contributed by atoms with E-state index in [1.807, 2.05) is 0 Å². The molecule has 0 fully saturated rings. The van der Waals surface area contributed by atoms with E-state index in [4.69, 9.17) is 14.2 Å². The molecular formula is C40H73NO7. The zero-order valence-electron chi connectivity index (χ0n) is 31.7. The number of hydrogen-bond donors (Lipinski definition) is 0. The lowest BCUT2D eigenvalue weighted by molar-refractivity contribution is -0.889. The number of quaternary nitrogens is 1. The van der Waals surface area contributed by atoms with E-state index < -0.39 is 18.1 Å². The lowest BCUT2D eigenvalue weighted by atomic mass is 10.1. The minimum atomic E-state index is -1.13.